The van der Waals surface area contributed by atoms with Crippen molar-refractivity contribution in [2.45, 2.75) is 13.5 Å². The molecule has 0 saturated carbocycles. The first kappa shape index (κ1) is 14.2. The Morgan fingerprint density at radius 2 is 1.82 bits per heavy atom. The third-order valence-electron chi connectivity index (χ3n) is 3.32. The van der Waals surface area contributed by atoms with Gasteiger partial charge in [0.2, 0.25) is 0 Å². The summed E-state index contributed by atoms with van der Waals surface area (Å²) in [6.45, 7) is 3.41. The van der Waals surface area contributed by atoms with Crippen LogP contribution < -0.4 is 10.1 Å². The van der Waals surface area contributed by atoms with Gasteiger partial charge in [-0.3, -0.25) is 0 Å². The summed E-state index contributed by atoms with van der Waals surface area (Å²) in [5.41, 5.74) is 3.27. The second-order valence-electron chi connectivity index (χ2n) is 4.94. The number of nitrogens with zero attached hydrogens (tertiary/aromatic N) is 2. The summed E-state index contributed by atoms with van der Waals surface area (Å²) >= 11 is 0. The van der Waals surface area contributed by atoms with Gasteiger partial charge in [0.15, 0.2) is 0 Å². The highest BCUT2D eigenvalue weighted by Gasteiger charge is 2.01. The molecule has 0 saturated heterocycles. The maximum absolute atomic E-state index is 5.43. The Hall–Kier alpha value is -2.75. The zero-order valence-corrected chi connectivity index (χ0v) is 12.6. The molecule has 3 aromatic rings. The molecule has 0 aliphatic carbocycles. The fraction of sp³-hybridized carbons (Fsp3) is 0.167. The Balaban J connectivity index is 1.61. The largest absolute Gasteiger partial charge is 0.494 e. The van der Waals surface area contributed by atoms with E-state index in [1.165, 1.54) is 0 Å². The molecule has 1 N–H and O–H groups in total. The van der Waals surface area contributed by atoms with E-state index in [1.54, 1.807) is 0 Å². The van der Waals surface area contributed by atoms with Gasteiger partial charge in [-0.15, -0.1) is 0 Å². The molecule has 0 atom stereocenters. The summed E-state index contributed by atoms with van der Waals surface area (Å²) in [5.74, 6) is 0.893. The van der Waals surface area contributed by atoms with Gasteiger partial charge >= 0.3 is 0 Å². The first-order chi connectivity index (χ1) is 10.8. The molecule has 0 unspecified atom stereocenters. The molecule has 0 spiro atoms. The number of aromatic nitrogens is 2. The van der Waals surface area contributed by atoms with Crippen molar-refractivity contribution in [3.63, 3.8) is 0 Å². The van der Waals surface area contributed by atoms with Gasteiger partial charge < -0.3 is 10.1 Å². The van der Waals surface area contributed by atoms with E-state index in [1.807, 2.05) is 78.6 Å². The molecule has 4 heteroatoms. The van der Waals surface area contributed by atoms with Crippen molar-refractivity contribution in [1.29, 1.82) is 0 Å². The minimum absolute atomic E-state index is 0.686. The SMILES string of the molecule is CCOc1ccc(NCc2cnn(-c3ccccc3)c2)cc1. The van der Waals surface area contributed by atoms with E-state index < -0.39 is 0 Å². The van der Waals surface area contributed by atoms with Crippen molar-refractivity contribution in [3.8, 4) is 11.4 Å². The van der Waals surface area contributed by atoms with Crippen LogP contribution in [-0.4, -0.2) is 16.4 Å². The van der Waals surface area contributed by atoms with Crippen molar-refractivity contribution in [1.82, 2.24) is 9.78 Å². The van der Waals surface area contributed by atoms with Crippen LogP contribution in [0.15, 0.2) is 67.0 Å². The number of hydrogen-bond acceptors (Lipinski definition) is 3. The van der Waals surface area contributed by atoms with Crippen LogP contribution in [0.2, 0.25) is 0 Å². The van der Waals surface area contributed by atoms with Gasteiger partial charge in [0, 0.05) is 24.0 Å². The third kappa shape index (κ3) is 3.47. The molecule has 3 rings (SSSR count). The van der Waals surface area contributed by atoms with Gasteiger partial charge in [0.25, 0.3) is 0 Å². The minimum atomic E-state index is 0.686. The molecule has 1 heterocycles. The summed E-state index contributed by atoms with van der Waals surface area (Å²) in [6, 6.07) is 18.1. The number of anilines is 1. The van der Waals surface area contributed by atoms with Crippen LogP contribution >= 0.6 is 0 Å². The normalized spacial score (nSPS) is 10.4. The standard InChI is InChI=1S/C18H19N3O/c1-2-22-18-10-8-16(9-11-18)19-12-15-13-20-21(14-15)17-6-4-3-5-7-17/h3-11,13-14,19H,2,12H2,1H3. The molecule has 0 aliphatic heterocycles. The third-order valence-corrected chi connectivity index (χ3v) is 3.32. The smallest absolute Gasteiger partial charge is 0.119 e. The fourth-order valence-corrected chi connectivity index (χ4v) is 2.21. The Labute approximate surface area is 130 Å². The molecular formula is C18H19N3O. The van der Waals surface area contributed by atoms with Crippen molar-refractivity contribution in [2.75, 3.05) is 11.9 Å². The maximum Gasteiger partial charge on any atom is 0.119 e. The van der Waals surface area contributed by atoms with Crippen molar-refractivity contribution < 1.29 is 4.74 Å². The Bertz CT molecular complexity index is 705. The zero-order chi connectivity index (χ0) is 15.2. The average Bonchev–Trinajstić information content (AvgIpc) is 3.04. The van der Waals surface area contributed by atoms with Gasteiger partial charge in [0.05, 0.1) is 18.5 Å². The van der Waals surface area contributed by atoms with E-state index in [0.29, 0.717) is 6.61 Å². The Kier molecular flexibility index (Phi) is 4.39. The Morgan fingerprint density at radius 3 is 2.55 bits per heavy atom. The molecule has 4 nitrogen and oxygen atoms in total. The highest BCUT2D eigenvalue weighted by molar-refractivity contribution is 5.46. The fourth-order valence-electron chi connectivity index (χ4n) is 2.21. The second-order valence-corrected chi connectivity index (χ2v) is 4.94. The molecule has 0 bridgehead atoms. The maximum atomic E-state index is 5.43. The van der Waals surface area contributed by atoms with Gasteiger partial charge in [-0.25, -0.2) is 4.68 Å². The van der Waals surface area contributed by atoms with E-state index in [0.717, 1.165) is 29.2 Å². The molecular weight excluding hydrogens is 274 g/mol. The average molecular weight is 293 g/mol. The molecule has 0 amide bonds. The molecule has 2 aromatic carbocycles. The van der Waals surface area contributed by atoms with Gasteiger partial charge in [0.1, 0.15) is 5.75 Å². The van der Waals surface area contributed by atoms with Gasteiger partial charge in [-0.1, -0.05) is 18.2 Å². The Morgan fingerprint density at radius 1 is 1.05 bits per heavy atom. The quantitative estimate of drug-likeness (QED) is 0.749. The number of nitrogens with one attached hydrogen (secondary N) is 1. The lowest BCUT2D eigenvalue weighted by atomic mass is 10.3. The lowest BCUT2D eigenvalue weighted by molar-refractivity contribution is 0.340. The molecule has 112 valence electrons. The van der Waals surface area contributed by atoms with Crippen LogP contribution in [0.4, 0.5) is 5.69 Å². The summed E-state index contributed by atoms with van der Waals surface area (Å²) < 4.78 is 7.32. The lowest BCUT2D eigenvalue weighted by Crippen LogP contribution is -1.99. The monoisotopic (exact) mass is 293 g/mol. The van der Waals surface area contributed by atoms with E-state index in [4.69, 9.17) is 4.74 Å². The van der Waals surface area contributed by atoms with Crippen molar-refractivity contribution >= 4 is 5.69 Å². The van der Waals surface area contributed by atoms with Crippen LogP contribution in [0, 0.1) is 0 Å². The topological polar surface area (TPSA) is 39.1 Å². The van der Waals surface area contributed by atoms with E-state index in [-0.39, 0.29) is 0 Å². The number of para-hydroxylation sites is 1. The lowest BCUT2D eigenvalue weighted by Gasteiger charge is -2.07. The number of benzene rings is 2. The highest BCUT2D eigenvalue weighted by Crippen LogP contribution is 2.16. The summed E-state index contributed by atoms with van der Waals surface area (Å²) in [6.07, 6.45) is 3.92. The molecule has 0 fully saturated rings. The van der Waals surface area contributed by atoms with Gasteiger partial charge in [-0.05, 0) is 43.3 Å². The summed E-state index contributed by atoms with van der Waals surface area (Å²) in [4.78, 5) is 0. The number of hydrogen-bond donors (Lipinski definition) is 1. The van der Waals surface area contributed by atoms with Crippen LogP contribution in [-0.2, 0) is 6.54 Å². The van der Waals surface area contributed by atoms with Gasteiger partial charge in [-0.2, -0.15) is 5.10 Å². The van der Waals surface area contributed by atoms with Crippen LogP contribution in [0.1, 0.15) is 12.5 Å². The molecule has 22 heavy (non-hydrogen) atoms. The highest BCUT2D eigenvalue weighted by atomic mass is 16.5. The number of rotatable bonds is 6. The summed E-state index contributed by atoms with van der Waals surface area (Å²) in [5, 5.41) is 7.78. The number of ether oxygens (including phenoxy) is 1. The predicted molar refractivity (Wildman–Crippen MR) is 88.5 cm³/mol. The molecule has 0 aliphatic rings. The second kappa shape index (κ2) is 6.80. The minimum Gasteiger partial charge on any atom is -0.494 e. The van der Waals surface area contributed by atoms with E-state index in [2.05, 4.69) is 10.4 Å². The van der Waals surface area contributed by atoms with E-state index in [9.17, 15) is 0 Å². The predicted octanol–water partition coefficient (Wildman–Crippen LogP) is 3.88. The summed E-state index contributed by atoms with van der Waals surface area (Å²) in [7, 11) is 0. The molecule has 0 radical (unpaired) electrons. The zero-order valence-electron chi connectivity index (χ0n) is 12.6. The van der Waals surface area contributed by atoms with E-state index >= 15 is 0 Å². The first-order valence-electron chi connectivity index (χ1n) is 7.41. The molecule has 1 aromatic heterocycles. The van der Waals surface area contributed by atoms with Crippen molar-refractivity contribution in [3.05, 3.63) is 72.6 Å². The first-order valence-corrected chi connectivity index (χ1v) is 7.41. The van der Waals surface area contributed by atoms with Crippen molar-refractivity contribution in [2.24, 2.45) is 0 Å². The van der Waals surface area contributed by atoms with Crippen LogP contribution in [0.3, 0.4) is 0 Å². The van der Waals surface area contributed by atoms with Crippen LogP contribution in [0.25, 0.3) is 5.69 Å². The van der Waals surface area contributed by atoms with Crippen LogP contribution in [0.5, 0.6) is 5.75 Å².